The molecule has 0 radical (unpaired) electrons. The van der Waals surface area contributed by atoms with Crippen LogP contribution in [0.3, 0.4) is 0 Å². The summed E-state index contributed by atoms with van der Waals surface area (Å²) in [4.78, 5) is 21.9. The molecule has 172 valence electrons. The van der Waals surface area contributed by atoms with Gasteiger partial charge in [0.1, 0.15) is 18.2 Å². The first-order valence-corrected chi connectivity index (χ1v) is 10.9. The van der Waals surface area contributed by atoms with E-state index in [2.05, 4.69) is 25.1 Å². The van der Waals surface area contributed by atoms with E-state index in [4.69, 9.17) is 4.74 Å². The van der Waals surface area contributed by atoms with Gasteiger partial charge in [0.2, 0.25) is 5.88 Å². The summed E-state index contributed by atoms with van der Waals surface area (Å²) < 4.78 is 22.4. The molecule has 2 aliphatic rings. The standard InChI is InChI=1S/C23H25FN6O3/c1-23-9-8-14(30(23)3)11-18(20(23)24)33-19-7-6-16(27-28-19)15-5-4-13(10-17(15)31)21-25-12-29(2)22(32)26-21/h4-7,10,12,14,18,20,31H,8-9,11H2,1-3H3/t14-,18-,20-,23+/m0/s1. The minimum atomic E-state index is -1.11. The minimum absolute atomic E-state index is 0.0524. The van der Waals surface area contributed by atoms with Gasteiger partial charge in [-0.2, -0.15) is 4.98 Å². The summed E-state index contributed by atoms with van der Waals surface area (Å²) in [6.07, 6.45) is 2.09. The van der Waals surface area contributed by atoms with Crippen LogP contribution < -0.4 is 10.4 Å². The van der Waals surface area contributed by atoms with Crippen LogP contribution in [0.15, 0.2) is 41.5 Å². The summed E-state index contributed by atoms with van der Waals surface area (Å²) in [7, 11) is 3.54. The Hall–Kier alpha value is -3.40. The van der Waals surface area contributed by atoms with Crippen LogP contribution in [0.2, 0.25) is 0 Å². The number of aromatic nitrogens is 5. The Morgan fingerprint density at radius 3 is 2.73 bits per heavy atom. The van der Waals surface area contributed by atoms with Gasteiger partial charge in [0.15, 0.2) is 12.0 Å². The Balaban J connectivity index is 1.33. The molecule has 2 aliphatic heterocycles. The summed E-state index contributed by atoms with van der Waals surface area (Å²) in [5, 5.41) is 18.8. The maximum Gasteiger partial charge on any atom is 0.350 e. The molecule has 0 amide bonds. The Labute approximate surface area is 189 Å². The molecule has 33 heavy (non-hydrogen) atoms. The molecule has 4 atom stereocenters. The predicted molar refractivity (Wildman–Crippen MR) is 119 cm³/mol. The Morgan fingerprint density at radius 1 is 1.21 bits per heavy atom. The van der Waals surface area contributed by atoms with Crippen molar-refractivity contribution >= 4 is 0 Å². The zero-order chi connectivity index (χ0) is 23.3. The number of alkyl halides is 1. The number of ether oxygens (including phenoxy) is 1. The van der Waals surface area contributed by atoms with Gasteiger partial charge in [0.25, 0.3) is 0 Å². The van der Waals surface area contributed by atoms with Crippen LogP contribution in [-0.4, -0.2) is 65.6 Å². The molecule has 0 aliphatic carbocycles. The van der Waals surface area contributed by atoms with Gasteiger partial charge in [-0.3, -0.25) is 9.47 Å². The van der Waals surface area contributed by atoms with E-state index in [-0.39, 0.29) is 17.5 Å². The average molecular weight is 452 g/mol. The summed E-state index contributed by atoms with van der Waals surface area (Å²) in [5.74, 6) is 0.420. The molecule has 2 saturated heterocycles. The number of aromatic hydroxyl groups is 1. The fourth-order valence-electron chi connectivity index (χ4n) is 4.85. The molecular formula is C23H25FN6O3. The Morgan fingerprint density at radius 2 is 2.03 bits per heavy atom. The highest BCUT2D eigenvalue weighted by Gasteiger charge is 2.55. The molecule has 4 heterocycles. The van der Waals surface area contributed by atoms with Crippen molar-refractivity contribution in [3.8, 4) is 34.3 Å². The molecular weight excluding hydrogens is 427 g/mol. The fourth-order valence-corrected chi connectivity index (χ4v) is 4.85. The van der Waals surface area contributed by atoms with E-state index in [1.165, 1.54) is 17.0 Å². The SMILES string of the molecule is CN1[C@H]2CC[C@]1(C)[C@@H](F)[C@@H](Oc1ccc(-c3ccc(-c4ncn(C)c(=O)n4)cc3O)nn1)C2. The highest BCUT2D eigenvalue weighted by atomic mass is 19.1. The quantitative estimate of drug-likeness (QED) is 0.643. The third kappa shape index (κ3) is 3.64. The van der Waals surface area contributed by atoms with E-state index in [0.29, 0.717) is 29.3 Å². The van der Waals surface area contributed by atoms with E-state index in [9.17, 15) is 9.90 Å². The van der Waals surface area contributed by atoms with E-state index in [1.54, 1.807) is 31.3 Å². The van der Waals surface area contributed by atoms with Gasteiger partial charge in [0.05, 0.1) is 11.2 Å². The predicted octanol–water partition coefficient (Wildman–Crippen LogP) is 2.35. The second kappa shape index (κ2) is 7.87. The highest BCUT2D eigenvalue weighted by molar-refractivity contribution is 5.71. The van der Waals surface area contributed by atoms with Crippen molar-refractivity contribution in [2.45, 2.75) is 50.0 Å². The minimum Gasteiger partial charge on any atom is -0.507 e. The third-order valence-corrected chi connectivity index (χ3v) is 7.06. The number of aryl methyl sites for hydroxylation is 1. The van der Waals surface area contributed by atoms with Crippen LogP contribution in [0.4, 0.5) is 4.39 Å². The zero-order valence-corrected chi connectivity index (χ0v) is 18.6. The van der Waals surface area contributed by atoms with Gasteiger partial charge < -0.3 is 9.84 Å². The number of piperidine rings is 1. The van der Waals surface area contributed by atoms with Gasteiger partial charge in [-0.1, -0.05) is 6.07 Å². The number of halogens is 1. The average Bonchev–Trinajstić information content (AvgIpc) is 3.02. The molecule has 3 aromatic rings. The van der Waals surface area contributed by atoms with Gasteiger partial charge in [0, 0.05) is 36.7 Å². The second-order valence-electron chi connectivity index (χ2n) is 9.02. The molecule has 1 aromatic carbocycles. The number of hydrogen-bond donors (Lipinski definition) is 1. The lowest BCUT2D eigenvalue weighted by Crippen LogP contribution is -2.60. The van der Waals surface area contributed by atoms with Crippen molar-refractivity contribution in [1.29, 1.82) is 0 Å². The number of rotatable bonds is 4. The highest BCUT2D eigenvalue weighted by Crippen LogP contribution is 2.45. The molecule has 0 saturated carbocycles. The topological polar surface area (TPSA) is 106 Å². The molecule has 0 spiro atoms. The number of phenolic OH excluding ortho intramolecular Hbond substituents is 1. The van der Waals surface area contributed by atoms with Crippen molar-refractivity contribution in [2.75, 3.05) is 7.05 Å². The number of nitrogens with zero attached hydrogens (tertiary/aromatic N) is 6. The van der Waals surface area contributed by atoms with Crippen molar-refractivity contribution in [2.24, 2.45) is 7.05 Å². The molecule has 1 N–H and O–H groups in total. The first-order chi connectivity index (χ1) is 15.8. The maximum absolute atomic E-state index is 15.2. The smallest absolute Gasteiger partial charge is 0.350 e. The van der Waals surface area contributed by atoms with Crippen molar-refractivity contribution < 1.29 is 14.2 Å². The number of fused-ring (bicyclic) bond motifs is 2. The number of hydrogen-bond acceptors (Lipinski definition) is 8. The second-order valence-corrected chi connectivity index (χ2v) is 9.02. The van der Waals surface area contributed by atoms with Gasteiger partial charge in [-0.25, -0.2) is 14.2 Å². The largest absolute Gasteiger partial charge is 0.507 e. The van der Waals surface area contributed by atoms with E-state index < -0.39 is 23.5 Å². The van der Waals surface area contributed by atoms with E-state index in [1.807, 2.05) is 14.0 Å². The number of benzene rings is 1. The summed E-state index contributed by atoms with van der Waals surface area (Å²) in [6.45, 7) is 1.95. The van der Waals surface area contributed by atoms with Crippen LogP contribution in [0.1, 0.15) is 26.2 Å². The van der Waals surface area contributed by atoms with Gasteiger partial charge in [-0.05, 0) is 45.0 Å². The van der Waals surface area contributed by atoms with Crippen LogP contribution >= 0.6 is 0 Å². The third-order valence-electron chi connectivity index (χ3n) is 7.06. The first kappa shape index (κ1) is 21.4. The molecule has 5 rings (SSSR count). The number of phenols is 1. The van der Waals surface area contributed by atoms with E-state index >= 15 is 4.39 Å². The van der Waals surface area contributed by atoms with Crippen LogP contribution in [0.5, 0.6) is 11.6 Å². The zero-order valence-electron chi connectivity index (χ0n) is 18.6. The lowest BCUT2D eigenvalue weighted by atomic mass is 9.87. The molecule has 0 unspecified atom stereocenters. The van der Waals surface area contributed by atoms with Crippen LogP contribution in [-0.2, 0) is 7.05 Å². The van der Waals surface area contributed by atoms with Gasteiger partial charge >= 0.3 is 5.69 Å². The molecule has 2 bridgehead atoms. The molecule has 10 heteroatoms. The molecule has 2 aromatic heterocycles. The molecule has 9 nitrogen and oxygen atoms in total. The summed E-state index contributed by atoms with van der Waals surface area (Å²) in [6, 6.07) is 8.43. The van der Waals surface area contributed by atoms with Crippen LogP contribution in [0.25, 0.3) is 22.6 Å². The summed E-state index contributed by atoms with van der Waals surface area (Å²) in [5.41, 5.74) is 0.438. The maximum atomic E-state index is 15.2. The Kier molecular flexibility index (Phi) is 5.12. The lowest BCUT2D eigenvalue weighted by Gasteiger charge is -2.45. The monoisotopic (exact) mass is 452 g/mol. The summed E-state index contributed by atoms with van der Waals surface area (Å²) >= 11 is 0. The van der Waals surface area contributed by atoms with Crippen molar-refractivity contribution in [3.05, 3.63) is 47.1 Å². The van der Waals surface area contributed by atoms with E-state index in [0.717, 1.165) is 12.8 Å². The van der Waals surface area contributed by atoms with Crippen LogP contribution in [0, 0.1) is 0 Å². The van der Waals surface area contributed by atoms with Gasteiger partial charge in [-0.15, -0.1) is 10.2 Å². The normalized spacial score (nSPS) is 27.0. The molecule has 2 fully saturated rings. The lowest BCUT2D eigenvalue weighted by molar-refractivity contribution is -0.0596. The first-order valence-electron chi connectivity index (χ1n) is 10.9. The fraction of sp³-hybridized carbons (Fsp3) is 0.435. The Bertz CT molecular complexity index is 1250. The van der Waals surface area contributed by atoms with Crippen molar-refractivity contribution in [1.82, 2.24) is 29.6 Å². The van der Waals surface area contributed by atoms with Crippen molar-refractivity contribution in [3.63, 3.8) is 0 Å².